The van der Waals surface area contributed by atoms with Crippen LogP contribution in [0.15, 0.2) is 30.5 Å². The minimum Gasteiger partial charge on any atom is -0.352 e. The Labute approximate surface area is 195 Å². The first-order valence-corrected chi connectivity index (χ1v) is 11.0. The third kappa shape index (κ3) is 6.68. The van der Waals surface area contributed by atoms with Crippen LogP contribution in [0.5, 0.6) is 0 Å². The van der Waals surface area contributed by atoms with Crippen molar-refractivity contribution in [2.24, 2.45) is 5.92 Å². The lowest BCUT2D eigenvalue weighted by atomic mass is 9.94. The van der Waals surface area contributed by atoms with Gasteiger partial charge in [-0.1, -0.05) is 26.0 Å². The summed E-state index contributed by atoms with van der Waals surface area (Å²) in [5.41, 5.74) is 2.16. The molecule has 1 atom stereocenters. The number of aromatic nitrogens is 1. The summed E-state index contributed by atoms with van der Waals surface area (Å²) in [5.74, 6) is 0.678. The van der Waals surface area contributed by atoms with Gasteiger partial charge < -0.3 is 15.5 Å². The van der Waals surface area contributed by atoms with Crippen molar-refractivity contribution in [3.63, 3.8) is 0 Å². The highest BCUT2D eigenvalue weighted by molar-refractivity contribution is 6.00. The van der Waals surface area contributed by atoms with Gasteiger partial charge in [-0.25, -0.2) is 9.37 Å². The Hall–Kier alpha value is -3.17. The molecule has 0 bridgehead atoms. The molecular formula is C24H28F4N4O2. The first-order chi connectivity index (χ1) is 16.0. The molecule has 34 heavy (non-hydrogen) atoms. The smallest absolute Gasteiger partial charge is 0.352 e. The predicted molar refractivity (Wildman–Crippen MR) is 121 cm³/mol. The number of nitrogens with one attached hydrogen (secondary N) is 2. The number of halogens is 4. The molecule has 1 aromatic heterocycles. The Balaban J connectivity index is 0.000000195. The summed E-state index contributed by atoms with van der Waals surface area (Å²) < 4.78 is 50.2. The molecule has 10 heteroatoms. The van der Waals surface area contributed by atoms with Gasteiger partial charge in [-0.15, -0.1) is 0 Å². The molecule has 1 aromatic carbocycles. The van der Waals surface area contributed by atoms with E-state index in [0.29, 0.717) is 24.4 Å². The van der Waals surface area contributed by atoms with Gasteiger partial charge in [-0.05, 0) is 53.5 Å². The standard InChI is InChI=1S/C13H15F4NO.C11H13N3O/c1-8(2)12(18-7-19)9-3-4-10(11(14)5-9)6-13(15,16)17;1-14-6-10(15)13-9-4-8(7-2-3-7)5-12-11(9)14/h3-5,7-8,12H,6H2,1-2H3,(H,18,19);4-5,7H,2-3,6H2,1H3,(H,13,15). The molecular weight excluding hydrogens is 452 g/mol. The van der Waals surface area contributed by atoms with E-state index in [9.17, 15) is 27.2 Å². The van der Waals surface area contributed by atoms with E-state index >= 15 is 0 Å². The van der Waals surface area contributed by atoms with Crippen LogP contribution < -0.4 is 15.5 Å². The van der Waals surface area contributed by atoms with Crippen LogP contribution in [0.1, 0.15) is 55.3 Å². The van der Waals surface area contributed by atoms with Crippen LogP contribution in [0, 0.1) is 11.7 Å². The lowest BCUT2D eigenvalue weighted by Gasteiger charge is -2.26. The summed E-state index contributed by atoms with van der Waals surface area (Å²) in [6, 6.07) is 5.20. The third-order valence-corrected chi connectivity index (χ3v) is 5.69. The van der Waals surface area contributed by atoms with Crippen LogP contribution in [0.3, 0.4) is 0 Å². The first kappa shape index (κ1) is 25.5. The van der Waals surface area contributed by atoms with E-state index in [0.717, 1.165) is 23.6 Å². The number of amides is 2. The molecule has 2 aliphatic rings. The van der Waals surface area contributed by atoms with Crippen LogP contribution in [-0.4, -0.2) is 37.1 Å². The number of fused-ring (bicyclic) bond motifs is 1. The number of hydrogen-bond donors (Lipinski definition) is 2. The molecule has 1 aliphatic heterocycles. The van der Waals surface area contributed by atoms with Crippen LogP contribution in [0.4, 0.5) is 29.1 Å². The van der Waals surface area contributed by atoms with Crippen molar-refractivity contribution in [2.75, 3.05) is 23.8 Å². The quantitative estimate of drug-likeness (QED) is 0.464. The topological polar surface area (TPSA) is 74.3 Å². The van der Waals surface area contributed by atoms with Crippen LogP contribution in [-0.2, 0) is 16.0 Å². The number of carbonyl (C=O) groups excluding carboxylic acids is 2. The Bertz CT molecular complexity index is 1040. The second-order valence-electron chi connectivity index (χ2n) is 8.97. The number of pyridine rings is 1. The molecule has 4 rings (SSSR count). The summed E-state index contributed by atoms with van der Waals surface area (Å²) in [6.07, 6.45) is -0.807. The number of hydrogen-bond acceptors (Lipinski definition) is 4. The van der Waals surface area contributed by atoms with Gasteiger partial charge in [-0.2, -0.15) is 13.2 Å². The van der Waals surface area contributed by atoms with Crippen molar-refractivity contribution in [3.8, 4) is 0 Å². The van der Waals surface area contributed by atoms with Crippen molar-refractivity contribution in [1.82, 2.24) is 10.3 Å². The first-order valence-electron chi connectivity index (χ1n) is 11.0. The van der Waals surface area contributed by atoms with Crippen LogP contribution in [0.25, 0.3) is 0 Å². The second kappa shape index (κ2) is 10.4. The highest BCUT2D eigenvalue weighted by Gasteiger charge is 2.30. The van der Waals surface area contributed by atoms with E-state index in [1.807, 2.05) is 32.0 Å². The van der Waals surface area contributed by atoms with Gasteiger partial charge in [0, 0.05) is 13.2 Å². The number of benzene rings is 1. The Morgan fingerprint density at radius 3 is 2.53 bits per heavy atom. The number of anilines is 2. The van der Waals surface area contributed by atoms with E-state index in [-0.39, 0.29) is 11.8 Å². The molecule has 0 saturated heterocycles. The van der Waals surface area contributed by atoms with Gasteiger partial charge in [0.2, 0.25) is 12.3 Å². The average molecular weight is 481 g/mol. The van der Waals surface area contributed by atoms with Crippen LogP contribution >= 0.6 is 0 Å². The SMILES string of the molecule is CC(C)C(NC=O)c1ccc(CC(F)(F)F)c(F)c1.CN1CC(=O)Nc2cc(C3CC3)cnc21. The monoisotopic (exact) mass is 480 g/mol. The number of rotatable bonds is 6. The number of nitrogens with zero attached hydrogens (tertiary/aromatic N) is 2. The Kier molecular flexibility index (Phi) is 7.78. The molecule has 2 amide bonds. The summed E-state index contributed by atoms with van der Waals surface area (Å²) in [6.45, 7) is 4.04. The summed E-state index contributed by atoms with van der Waals surface area (Å²) in [7, 11) is 1.89. The molecule has 1 unspecified atom stereocenters. The molecule has 1 saturated carbocycles. The van der Waals surface area contributed by atoms with Crippen molar-refractivity contribution in [1.29, 1.82) is 0 Å². The van der Waals surface area contributed by atoms with Gasteiger partial charge in [0.25, 0.3) is 0 Å². The average Bonchev–Trinajstić information content (AvgIpc) is 3.58. The van der Waals surface area contributed by atoms with E-state index in [1.165, 1.54) is 24.5 Å². The third-order valence-electron chi connectivity index (χ3n) is 5.69. The largest absolute Gasteiger partial charge is 0.393 e. The van der Waals surface area contributed by atoms with Crippen LogP contribution in [0.2, 0.25) is 0 Å². The molecule has 2 aromatic rings. The molecule has 2 heterocycles. The van der Waals surface area contributed by atoms with Gasteiger partial charge >= 0.3 is 6.18 Å². The van der Waals surface area contributed by atoms with E-state index in [4.69, 9.17) is 0 Å². The lowest BCUT2D eigenvalue weighted by Crippen LogP contribution is -2.36. The summed E-state index contributed by atoms with van der Waals surface area (Å²) >= 11 is 0. The molecule has 2 N–H and O–H groups in total. The van der Waals surface area contributed by atoms with E-state index in [2.05, 4.69) is 21.7 Å². The zero-order chi connectivity index (χ0) is 25.0. The Morgan fingerprint density at radius 1 is 1.26 bits per heavy atom. The minimum absolute atomic E-state index is 0.00179. The number of carbonyl (C=O) groups is 2. The maximum absolute atomic E-state index is 13.6. The Morgan fingerprint density at radius 2 is 1.97 bits per heavy atom. The molecule has 1 aliphatic carbocycles. The molecule has 0 spiro atoms. The van der Waals surface area contributed by atoms with Gasteiger partial charge in [-0.3, -0.25) is 9.59 Å². The zero-order valence-electron chi connectivity index (χ0n) is 19.2. The van der Waals surface area contributed by atoms with Gasteiger partial charge in [0.05, 0.1) is 24.7 Å². The van der Waals surface area contributed by atoms with Crippen molar-refractivity contribution in [3.05, 3.63) is 53.0 Å². The molecule has 6 nitrogen and oxygen atoms in total. The van der Waals surface area contributed by atoms with E-state index in [1.54, 1.807) is 0 Å². The molecule has 1 fully saturated rings. The maximum atomic E-state index is 13.6. The molecule has 184 valence electrons. The second-order valence-corrected chi connectivity index (χ2v) is 8.97. The van der Waals surface area contributed by atoms with Crippen molar-refractivity contribution >= 4 is 23.8 Å². The van der Waals surface area contributed by atoms with Crippen molar-refractivity contribution in [2.45, 2.75) is 51.2 Å². The summed E-state index contributed by atoms with van der Waals surface area (Å²) in [4.78, 5) is 28.1. The van der Waals surface area contributed by atoms with Gasteiger partial charge in [0.1, 0.15) is 5.82 Å². The summed E-state index contributed by atoms with van der Waals surface area (Å²) in [5, 5.41) is 5.39. The highest BCUT2D eigenvalue weighted by Crippen LogP contribution is 2.42. The number of likely N-dealkylation sites (N-methyl/N-ethyl adjacent to an activating group) is 1. The fourth-order valence-corrected chi connectivity index (χ4v) is 3.85. The minimum atomic E-state index is -4.44. The fourth-order valence-electron chi connectivity index (χ4n) is 3.85. The normalized spacial score (nSPS) is 16.2. The number of alkyl halides is 3. The highest BCUT2D eigenvalue weighted by atomic mass is 19.4. The predicted octanol–water partition coefficient (Wildman–Crippen LogP) is 4.72. The zero-order valence-corrected chi connectivity index (χ0v) is 19.2. The lowest BCUT2D eigenvalue weighted by molar-refractivity contribution is -0.127. The van der Waals surface area contributed by atoms with Gasteiger partial charge in [0.15, 0.2) is 5.82 Å². The maximum Gasteiger partial charge on any atom is 0.393 e. The van der Waals surface area contributed by atoms with Crippen molar-refractivity contribution < 1.29 is 27.2 Å². The van der Waals surface area contributed by atoms with E-state index < -0.39 is 30.0 Å². The fraction of sp³-hybridized carbons (Fsp3) is 0.458. The molecule has 0 radical (unpaired) electrons.